The molecule has 2 saturated heterocycles. The maximum Gasteiger partial charge on any atom is 0.258 e. The van der Waals surface area contributed by atoms with Gasteiger partial charge in [0.05, 0.1) is 29.5 Å². The van der Waals surface area contributed by atoms with Crippen molar-refractivity contribution in [1.29, 1.82) is 0 Å². The lowest BCUT2D eigenvalue weighted by Gasteiger charge is -2.51. The van der Waals surface area contributed by atoms with Gasteiger partial charge in [-0.3, -0.25) is 24.1 Å². The zero-order chi connectivity index (χ0) is 33.7. The lowest BCUT2D eigenvalue weighted by molar-refractivity contribution is -0.125. The summed E-state index contributed by atoms with van der Waals surface area (Å²) in [6, 6.07) is 16.8. The number of fused-ring (bicyclic) bond motifs is 5. The SMILES string of the molecule is CCc1ccc(N2C(=O)[C@H]3[C@H](CC=C4[C@H](C5=COc6ccc(O)cc6C5)[C@]5(Cl)C(=O)N(c6ccc(F)cc6)C(=O)[C@]5(Cl)C[C@H]43)C2=O)cc1. The van der Waals surface area contributed by atoms with E-state index in [1.807, 2.05) is 25.1 Å². The molecule has 2 aliphatic carbocycles. The van der Waals surface area contributed by atoms with Crippen LogP contribution in [0.2, 0.25) is 0 Å². The summed E-state index contributed by atoms with van der Waals surface area (Å²) >= 11 is 14.9. The number of benzene rings is 3. The minimum absolute atomic E-state index is 0.0175. The topological polar surface area (TPSA) is 104 Å². The van der Waals surface area contributed by atoms with E-state index in [1.54, 1.807) is 24.3 Å². The van der Waals surface area contributed by atoms with Gasteiger partial charge in [0.2, 0.25) is 11.8 Å². The molecular formula is C37H29Cl2FN2O6. The van der Waals surface area contributed by atoms with Crippen molar-refractivity contribution in [1.82, 2.24) is 0 Å². The number of halogens is 3. The molecule has 3 aromatic carbocycles. The van der Waals surface area contributed by atoms with Crippen molar-refractivity contribution in [3.8, 4) is 11.5 Å². The Balaban J connectivity index is 1.26. The smallest absolute Gasteiger partial charge is 0.258 e. The van der Waals surface area contributed by atoms with Crippen LogP contribution >= 0.6 is 23.2 Å². The first-order valence-electron chi connectivity index (χ1n) is 15.8. The fourth-order valence-corrected chi connectivity index (χ4v) is 9.29. The van der Waals surface area contributed by atoms with Crippen LogP contribution in [0, 0.1) is 29.5 Å². The molecule has 4 amide bonds. The minimum atomic E-state index is -2.07. The monoisotopic (exact) mass is 686 g/mol. The lowest BCUT2D eigenvalue weighted by atomic mass is 9.56. The van der Waals surface area contributed by atoms with Crippen molar-refractivity contribution in [3.05, 3.63) is 107 Å². The summed E-state index contributed by atoms with van der Waals surface area (Å²) in [6.07, 6.45) is 4.39. The second-order valence-electron chi connectivity index (χ2n) is 13.1. The van der Waals surface area contributed by atoms with E-state index >= 15 is 0 Å². The Morgan fingerprint density at radius 3 is 2.29 bits per heavy atom. The van der Waals surface area contributed by atoms with Gasteiger partial charge in [0.15, 0.2) is 9.75 Å². The number of hydrogen-bond acceptors (Lipinski definition) is 6. The van der Waals surface area contributed by atoms with Gasteiger partial charge in [0, 0.05) is 17.9 Å². The number of aromatic hydroxyl groups is 1. The van der Waals surface area contributed by atoms with E-state index in [-0.39, 0.29) is 36.6 Å². The van der Waals surface area contributed by atoms with E-state index < -0.39 is 57.0 Å². The van der Waals surface area contributed by atoms with Crippen LogP contribution in [0.25, 0.3) is 0 Å². The van der Waals surface area contributed by atoms with Gasteiger partial charge < -0.3 is 9.84 Å². The largest absolute Gasteiger partial charge is 0.508 e. The number of alkyl halides is 2. The molecule has 48 heavy (non-hydrogen) atoms. The van der Waals surface area contributed by atoms with E-state index in [1.165, 1.54) is 29.4 Å². The van der Waals surface area contributed by atoms with Crippen molar-refractivity contribution in [2.24, 2.45) is 23.7 Å². The Kier molecular flexibility index (Phi) is 6.92. The highest BCUT2D eigenvalue weighted by Gasteiger charge is 2.77. The van der Waals surface area contributed by atoms with E-state index in [9.17, 15) is 28.7 Å². The highest BCUT2D eigenvalue weighted by molar-refractivity contribution is 6.58. The van der Waals surface area contributed by atoms with Gasteiger partial charge in [-0.25, -0.2) is 9.29 Å². The molecule has 0 unspecified atom stereocenters. The molecule has 244 valence electrons. The molecule has 11 heteroatoms. The second kappa shape index (κ2) is 10.8. The van der Waals surface area contributed by atoms with Crippen LogP contribution in [0.3, 0.4) is 0 Å². The van der Waals surface area contributed by atoms with Crippen molar-refractivity contribution in [2.45, 2.75) is 42.4 Å². The maximum absolute atomic E-state index is 14.6. The Hall–Kier alpha value is -4.47. The molecule has 6 atom stereocenters. The van der Waals surface area contributed by atoms with E-state index in [0.717, 1.165) is 29.0 Å². The van der Waals surface area contributed by atoms with E-state index in [2.05, 4.69) is 0 Å². The van der Waals surface area contributed by atoms with Crippen LogP contribution in [0.4, 0.5) is 15.8 Å². The second-order valence-corrected chi connectivity index (χ2v) is 14.3. The maximum atomic E-state index is 14.6. The summed E-state index contributed by atoms with van der Waals surface area (Å²) in [4.78, 5) is 55.2. The summed E-state index contributed by atoms with van der Waals surface area (Å²) in [5.41, 5.74) is 3.41. The average molecular weight is 688 g/mol. The number of anilines is 2. The molecule has 3 heterocycles. The van der Waals surface area contributed by atoms with Crippen molar-refractivity contribution in [2.75, 3.05) is 9.80 Å². The summed E-state index contributed by atoms with van der Waals surface area (Å²) in [7, 11) is 0. The number of phenolic OH excluding ortho intramolecular Hbond substituents is 1. The van der Waals surface area contributed by atoms with Crippen molar-refractivity contribution in [3.63, 3.8) is 0 Å². The first-order valence-corrected chi connectivity index (χ1v) is 16.6. The third-order valence-corrected chi connectivity index (χ3v) is 12.1. The summed E-state index contributed by atoms with van der Waals surface area (Å²) in [5, 5.41) is 10.2. The van der Waals surface area contributed by atoms with Gasteiger partial charge in [-0.05, 0) is 90.9 Å². The molecule has 5 aliphatic rings. The number of imide groups is 2. The van der Waals surface area contributed by atoms with Crippen LogP contribution < -0.4 is 14.5 Å². The number of ether oxygens (including phenoxy) is 1. The highest BCUT2D eigenvalue weighted by atomic mass is 35.5. The third-order valence-electron chi connectivity index (χ3n) is 10.6. The zero-order valence-electron chi connectivity index (χ0n) is 25.7. The lowest BCUT2D eigenvalue weighted by Crippen LogP contribution is -2.61. The molecule has 8 nitrogen and oxygen atoms in total. The minimum Gasteiger partial charge on any atom is -0.508 e. The number of carbonyl (C=O) groups is 4. The summed E-state index contributed by atoms with van der Waals surface area (Å²) in [5.74, 6) is -5.63. The standard InChI is InChI=1S/C37H29Cl2FN2O6/c1-2-19-3-7-23(8-4-19)41-32(44)27-13-12-26-28(30(27)33(41)45)17-36(38)34(46)42(24-9-5-22(40)6-10-24)35(47)37(36,39)31(26)21-15-20-16-25(43)11-14-29(20)48-18-21/h3-12,14,16,18,27-28,30-31,43H,2,13,15,17H2,1H3/t27-,28+,30-,31-,36+,37-/m0/s1. The number of hydrogen-bond donors (Lipinski definition) is 1. The normalized spacial score (nSPS) is 30.7. The summed E-state index contributed by atoms with van der Waals surface area (Å²) in [6.45, 7) is 2.02. The van der Waals surface area contributed by atoms with Crippen LogP contribution in [-0.4, -0.2) is 38.5 Å². The predicted octanol–water partition coefficient (Wildman–Crippen LogP) is 6.21. The predicted molar refractivity (Wildman–Crippen MR) is 176 cm³/mol. The van der Waals surface area contributed by atoms with E-state index in [4.69, 9.17) is 27.9 Å². The highest BCUT2D eigenvalue weighted by Crippen LogP contribution is 2.65. The van der Waals surface area contributed by atoms with Crippen LogP contribution in [0.1, 0.15) is 30.9 Å². The summed E-state index contributed by atoms with van der Waals surface area (Å²) < 4.78 is 19.9. The van der Waals surface area contributed by atoms with Crippen LogP contribution in [0.15, 0.2) is 90.2 Å². The molecule has 3 fully saturated rings. The third kappa shape index (κ3) is 4.13. The molecule has 0 aromatic heterocycles. The van der Waals surface area contributed by atoms with Gasteiger partial charge in [0.1, 0.15) is 17.3 Å². The Labute approximate surface area is 285 Å². The van der Waals surface area contributed by atoms with Gasteiger partial charge in [-0.1, -0.05) is 30.7 Å². The number of aryl methyl sites for hydroxylation is 1. The van der Waals surface area contributed by atoms with Crippen LogP contribution in [-0.2, 0) is 32.0 Å². The molecular weight excluding hydrogens is 658 g/mol. The number of nitrogens with zero attached hydrogens (tertiary/aromatic N) is 2. The van der Waals surface area contributed by atoms with Gasteiger partial charge in [-0.15, -0.1) is 23.2 Å². The van der Waals surface area contributed by atoms with Gasteiger partial charge >= 0.3 is 0 Å². The first-order chi connectivity index (χ1) is 23.0. The molecule has 1 saturated carbocycles. The number of allylic oxidation sites excluding steroid dienone is 3. The fourth-order valence-electron chi connectivity index (χ4n) is 8.34. The van der Waals surface area contributed by atoms with Gasteiger partial charge in [0.25, 0.3) is 11.8 Å². The first kappa shape index (κ1) is 30.8. The van der Waals surface area contributed by atoms with Crippen molar-refractivity contribution < 1.29 is 33.4 Å². The average Bonchev–Trinajstić information content (AvgIpc) is 3.42. The van der Waals surface area contributed by atoms with E-state index in [0.29, 0.717) is 28.1 Å². The fraction of sp³-hybridized carbons (Fsp3) is 0.297. The van der Waals surface area contributed by atoms with Crippen LogP contribution in [0.5, 0.6) is 11.5 Å². The number of carbonyl (C=O) groups excluding carboxylic acids is 4. The number of amides is 4. The van der Waals surface area contributed by atoms with Crippen molar-refractivity contribution >= 4 is 58.2 Å². The molecule has 1 N–H and O–H groups in total. The molecule has 0 radical (unpaired) electrons. The number of phenols is 1. The Bertz CT molecular complexity index is 2000. The zero-order valence-corrected chi connectivity index (χ0v) is 27.2. The molecule has 8 rings (SSSR count). The molecule has 3 aliphatic heterocycles. The quantitative estimate of drug-likeness (QED) is 0.199. The number of rotatable bonds is 4. The van der Waals surface area contributed by atoms with Gasteiger partial charge in [-0.2, -0.15) is 0 Å². The Morgan fingerprint density at radius 1 is 0.896 bits per heavy atom. The molecule has 0 spiro atoms. The Morgan fingerprint density at radius 2 is 1.58 bits per heavy atom. The molecule has 3 aromatic rings. The molecule has 0 bridgehead atoms.